The Balaban J connectivity index is 2.52. The number of aromatic nitrogens is 1. The lowest BCUT2D eigenvalue weighted by Crippen LogP contribution is -2.30. The Morgan fingerprint density at radius 3 is 3.07 bits per heavy atom. The van der Waals surface area contributed by atoms with Gasteiger partial charge in [-0.1, -0.05) is 13.8 Å². The van der Waals surface area contributed by atoms with Crippen molar-refractivity contribution in [2.24, 2.45) is 10.7 Å². The molecule has 0 aromatic carbocycles. The molecule has 1 rings (SSSR count). The van der Waals surface area contributed by atoms with E-state index in [0.717, 1.165) is 10.7 Å². The molecule has 1 aromatic rings. The summed E-state index contributed by atoms with van der Waals surface area (Å²) in [6.45, 7) is 4.70. The lowest BCUT2D eigenvalue weighted by molar-refractivity contribution is 0.808. The van der Waals surface area contributed by atoms with Crippen molar-refractivity contribution >= 4 is 17.3 Å². The first-order valence-electron chi connectivity index (χ1n) is 4.54. The lowest BCUT2D eigenvalue weighted by Gasteiger charge is -2.00. The number of nitrogens with one attached hydrogen (secondary N) is 1. The van der Waals surface area contributed by atoms with E-state index in [1.54, 1.807) is 17.5 Å². The highest BCUT2D eigenvalue weighted by Crippen LogP contribution is 2.17. The first-order chi connectivity index (χ1) is 7.13. The number of hydrogen-bond acceptors (Lipinski definition) is 4. The molecular weight excluding hydrogens is 210 g/mol. The number of guanidine groups is 1. The molecule has 0 radical (unpaired) electrons. The van der Waals surface area contributed by atoms with E-state index < -0.39 is 0 Å². The van der Waals surface area contributed by atoms with Crippen LogP contribution in [0.4, 0.5) is 0 Å². The number of nitrogens with two attached hydrogens (primary N) is 1. The van der Waals surface area contributed by atoms with Crippen LogP contribution in [0.3, 0.4) is 0 Å². The fourth-order valence-corrected chi connectivity index (χ4v) is 1.83. The summed E-state index contributed by atoms with van der Waals surface area (Å²) < 4.78 is 0. The van der Waals surface area contributed by atoms with Crippen molar-refractivity contribution in [3.63, 3.8) is 0 Å². The molecule has 0 aliphatic heterocycles. The molecule has 1 aromatic heterocycles. The van der Waals surface area contributed by atoms with Crippen LogP contribution in [0, 0.1) is 11.5 Å². The first kappa shape index (κ1) is 11.5. The van der Waals surface area contributed by atoms with Gasteiger partial charge in [-0.3, -0.25) is 0 Å². The van der Waals surface area contributed by atoms with Gasteiger partial charge in [0.15, 0.2) is 0 Å². The predicted molar refractivity (Wildman–Crippen MR) is 60.3 cm³/mol. The van der Waals surface area contributed by atoms with Gasteiger partial charge in [-0.25, -0.2) is 4.98 Å². The summed E-state index contributed by atoms with van der Waals surface area (Å²) in [6, 6.07) is 0. The van der Waals surface area contributed by atoms with E-state index in [1.807, 2.05) is 5.38 Å². The molecule has 0 bridgehead atoms. The van der Waals surface area contributed by atoms with E-state index in [-0.39, 0.29) is 5.96 Å². The number of aliphatic imine (C=N–C) groups is 1. The fourth-order valence-electron chi connectivity index (χ4n) is 0.931. The quantitative estimate of drug-likeness (QED) is 0.457. The summed E-state index contributed by atoms with van der Waals surface area (Å²) >= 11 is 1.57. The summed E-state index contributed by atoms with van der Waals surface area (Å²) in [6.07, 6.45) is 1.61. The molecule has 1 heterocycles. The van der Waals surface area contributed by atoms with Crippen molar-refractivity contribution in [1.82, 2.24) is 10.3 Å². The van der Waals surface area contributed by atoms with Crippen molar-refractivity contribution < 1.29 is 0 Å². The van der Waals surface area contributed by atoms with Crippen molar-refractivity contribution in [1.29, 1.82) is 5.26 Å². The Hall–Kier alpha value is -1.61. The van der Waals surface area contributed by atoms with Gasteiger partial charge in [0.2, 0.25) is 12.2 Å². The third-order valence-corrected chi connectivity index (χ3v) is 2.62. The van der Waals surface area contributed by atoms with Crippen LogP contribution in [0.1, 0.15) is 30.5 Å². The molecule has 0 aliphatic carbocycles. The summed E-state index contributed by atoms with van der Waals surface area (Å²) in [5, 5.41) is 14.0. The van der Waals surface area contributed by atoms with Gasteiger partial charge in [-0.2, -0.15) is 5.26 Å². The number of hydrogen-bond donors (Lipinski definition) is 2. The van der Waals surface area contributed by atoms with Crippen molar-refractivity contribution in [3.8, 4) is 6.19 Å². The van der Waals surface area contributed by atoms with Crippen LogP contribution < -0.4 is 11.1 Å². The minimum absolute atomic E-state index is 0.124. The van der Waals surface area contributed by atoms with Gasteiger partial charge >= 0.3 is 0 Å². The highest BCUT2D eigenvalue weighted by Gasteiger charge is 2.05. The minimum atomic E-state index is 0.124. The second kappa shape index (κ2) is 5.32. The molecule has 0 atom stereocenters. The fraction of sp³-hybridized carbons (Fsp3) is 0.444. The van der Waals surface area contributed by atoms with Crippen LogP contribution in [0.15, 0.2) is 10.4 Å². The van der Waals surface area contributed by atoms with E-state index >= 15 is 0 Å². The number of nitrogens with zero attached hydrogens (tertiary/aromatic N) is 3. The maximum absolute atomic E-state index is 8.24. The molecule has 15 heavy (non-hydrogen) atoms. The highest BCUT2D eigenvalue weighted by atomic mass is 32.1. The van der Waals surface area contributed by atoms with Crippen LogP contribution in [0.2, 0.25) is 0 Å². The lowest BCUT2D eigenvalue weighted by atomic mass is 10.2. The smallest absolute Gasteiger partial charge is 0.209 e. The Labute approximate surface area is 92.7 Å². The molecule has 80 valence electrons. The highest BCUT2D eigenvalue weighted by molar-refractivity contribution is 7.09. The van der Waals surface area contributed by atoms with Gasteiger partial charge in [-0.15, -0.1) is 16.3 Å². The van der Waals surface area contributed by atoms with Gasteiger partial charge in [0.1, 0.15) is 5.01 Å². The molecule has 0 saturated carbocycles. The van der Waals surface area contributed by atoms with Gasteiger partial charge in [0.05, 0.1) is 12.2 Å². The first-order valence-corrected chi connectivity index (χ1v) is 5.42. The third-order valence-electron chi connectivity index (χ3n) is 1.75. The van der Waals surface area contributed by atoms with E-state index in [0.29, 0.717) is 12.5 Å². The van der Waals surface area contributed by atoms with Gasteiger partial charge in [0.25, 0.3) is 0 Å². The topological polar surface area (TPSA) is 87.1 Å². The minimum Gasteiger partial charge on any atom is -0.369 e. The molecule has 0 amide bonds. The zero-order valence-corrected chi connectivity index (χ0v) is 9.51. The predicted octanol–water partition coefficient (Wildman–Crippen LogP) is 1.15. The Kier molecular flexibility index (Phi) is 4.06. The van der Waals surface area contributed by atoms with E-state index in [9.17, 15) is 0 Å². The average molecular weight is 223 g/mol. The molecule has 3 N–H and O–H groups in total. The monoisotopic (exact) mass is 223 g/mol. The maximum atomic E-state index is 8.24. The zero-order valence-electron chi connectivity index (χ0n) is 8.69. The summed E-state index contributed by atoms with van der Waals surface area (Å²) in [5.41, 5.74) is 6.47. The van der Waals surface area contributed by atoms with Crippen molar-refractivity contribution in [2.75, 3.05) is 0 Å². The number of rotatable bonds is 3. The molecule has 0 unspecified atom stereocenters. The second-order valence-electron chi connectivity index (χ2n) is 3.27. The Morgan fingerprint density at radius 2 is 2.53 bits per heavy atom. The summed E-state index contributed by atoms with van der Waals surface area (Å²) in [7, 11) is 0. The van der Waals surface area contributed by atoms with E-state index in [1.165, 1.54) is 0 Å². The summed E-state index contributed by atoms with van der Waals surface area (Å²) in [4.78, 5) is 7.75. The van der Waals surface area contributed by atoms with Crippen molar-refractivity contribution in [3.05, 3.63) is 16.1 Å². The van der Waals surface area contributed by atoms with Crippen LogP contribution in [-0.2, 0) is 6.54 Å². The van der Waals surface area contributed by atoms with Crippen LogP contribution in [-0.4, -0.2) is 10.9 Å². The van der Waals surface area contributed by atoms with E-state index in [2.05, 4.69) is 29.1 Å². The Bertz CT molecular complexity index is 387. The maximum Gasteiger partial charge on any atom is 0.209 e. The largest absolute Gasteiger partial charge is 0.369 e. The van der Waals surface area contributed by atoms with Gasteiger partial charge < -0.3 is 11.1 Å². The SMILES string of the molecule is CC(C)c1csc(CN/C(N)=N\C#N)n1. The number of thiazole rings is 1. The summed E-state index contributed by atoms with van der Waals surface area (Å²) in [5.74, 6) is 0.555. The third kappa shape index (κ3) is 3.56. The molecule has 0 saturated heterocycles. The molecule has 0 aliphatic rings. The standard InChI is InChI=1S/C9H13N5S/c1-6(2)7-4-15-8(14-7)3-12-9(11)13-5-10/h4,6H,3H2,1-2H3,(H3,11,12,13). The Morgan fingerprint density at radius 1 is 1.80 bits per heavy atom. The van der Waals surface area contributed by atoms with Gasteiger partial charge in [0, 0.05) is 5.38 Å². The van der Waals surface area contributed by atoms with Crippen LogP contribution in [0.5, 0.6) is 0 Å². The van der Waals surface area contributed by atoms with Crippen LogP contribution in [0.25, 0.3) is 0 Å². The number of nitriles is 1. The molecule has 0 fully saturated rings. The second-order valence-corrected chi connectivity index (χ2v) is 4.21. The molecule has 6 heteroatoms. The van der Waals surface area contributed by atoms with Gasteiger partial charge in [-0.05, 0) is 5.92 Å². The van der Waals surface area contributed by atoms with Crippen LogP contribution >= 0.6 is 11.3 Å². The molecule has 0 spiro atoms. The average Bonchev–Trinajstić information content (AvgIpc) is 2.63. The van der Waals surface area contributed by atoms with Crippen molar-refractivity contribution in [2.45, 2.75) is 26.3 Å². The normalized spacial score (nSPS) is 11.5. The molecule has 5 nitrogen and oxygen atoms in total. The zero-order chi connectivity index (χ0) is 11.3. The molecular formula is C9H13N5S. The van der Waals surface area contributed by atoms with E-state index in [4.69, 9.17) is 11.0 Å².